The summed E-state index contributed by atoms with van der Waals surface area (Å²) in [6.45, 7) is 1.14. The average molecular weight is 333 g/mol. The minimum atomic E-state index is -3.47. The Hall–Kier alpha value is -0.560. The largest absolute Gasteiger partial charge is 0.377 e. The summed E-state index contributed by atoms with van der Waals surface area (Å²) in [6, 6.07) is 2.12. The van der Waals surface area contributed by atoms with Crippen molar-refractivity contribution in [3.63, 3.8) is 0 Å². The molecule has 3 rings (SSSR count). The molecular weight excluding hydrogens is 312 g/mol. The van der Waals surface area contributed by atoms with E-state index in [9.17, 15) is 8.42 Å². The molecule has 5 nitrogen and oxygen atoms in total. The van der Waals surface area contributed by atoms with Crippen LogP contribution in [0.25, 0.3) is 0 Å². The van der Waals surface area contributed by atoms with Gasteiger partial charge in [0.25, 0.3) is 0 Å². The van der Waals surface area contributed by atoms with Crippen LogP contribution in [0.3, 0.4) is 0 Å². The Balaban J connectivity index is 1.79. The fourth-order valence-electron chi connectivity index (χ4n) is 2.79. The van der Waals surface area contributed by atoms with E-state index in [1.807, 2.05) is 4.57 Å². The minimum absolute atomic E-state index is 0.0165. The highest BCUT2D eigenvalue weighted by Crippen LogP contribution is 2.38. The number of sulfonamides is 1. The summed E-state index contributed by atoms with van der Waals surface area (Å²) in [4.78, 5) is 0.338. The molecule has 0 aromatic carbocycles. The first-order valence-corrected chi connectivity index (χ1v) is 9.34. The first-order valence-electron chi connectivity index (χ1n) is 7.37. The third-order valence-corrected chi connectivity index (χ3v) is 6.24. The van der Waals surface area contributed by atoms with Gasteiger partial charge in [0.15, 0.2) is 0 Å². The van der Waals surface area contributed by atoms with Crippen LogP contribution in [0.1, 0.15) is 37.4 Å². The first-order chi connectivity index (χ1) is 10.0. The van der Waals surface area contributed by atoms with Gasteiger partial charge in [0.05, 0.1) is 12.0 Å². The summed E-state index contributed by atoms with van der Waals surface area (Å²) < 4.78 is 34.2. The van der Waals surface area contributed by atoms with E-state index in [1.165, 1.54) is 4.31 Å². The fourth-order valence-corrected chi connectivity index (χ4v) is 4.26. The van der Waals surface area contributed by atoms with Gasteiger partial charge in [-0.05, 0) is 31.7 Å². The summed E-state index contributed by atoms with van der Waals surface area (Å²) >= 11 is 5.94. The minimum Gasteiger partial charge on any atom is -0.377 e. The standard InChI is InChI=1S/C14H21ClN2O3S/c1-16(9-13-3-2-6-20-13)21(18,19)14-7-12(8-15)17(10-14)11-4-5-11/h7,10-11,13H,2-6,8-9H2,1H3. The van der Waals surface area contributed by atoms with Crippen molar-refractivity contribution in [3.8, 4) is 0 Å². The quantitative estimate of drug-likeness (QED) is 0.751. The van der Waals surface area contributed by atoms with Gasteiger partial charge in [-0.25, -0.2) is 8.42 Å². The zero-order valence-electron chi connectivity index (χ0n) is 12.2. The molecule has 1 saturated carbocycles. The van der Waals surface area contributed by atoms with Gasteiger partial charge in [0.2, 0.25) is 10.0 Å². The molecule has 1 atom stereocenters. The predicted molar refractivity (Wildman–Crippen MR) is 81.0 cm³/mol. The number of rotatable bonds is 6. The molecule has 2 aliphatic rings. The predicted octanol–water partition coefficient (Wildman–Crippen LogP) is 2.36. The summed E-state index contributed by atoms with van der Waals surface area (Å²) in [5.74, 6) is 0.335. The van der Waals surface area contributed by atoms with E-state index in [4.69, 9.17) is 16.3 Å². The normalized spacial score (nSPS) is 23.1. The van der Waals surface area contributed by atoms with Gasteiger partial charge in [-0.15, -0.1) is 11.6 Å². The van der Waals surface area contributed by atoms with E-state index in [2.05, 4.69) is 0 Å². The molecule has 1 saturated heterocycles. The van der Waals surface area contributed by atoms with Gasteiger partial charge in [-0.3, -0.25) is 0 Å². The van der Waals surface area contributed by atoms with Crippen LogP contribution < -0.4 is 0 Å². The van der Waals surface area contributed by atoms with E-state index in [1.54, 1.807) is 19.3 Å². The zero-order valence-corrected chi connectivity index (χ0v) is 13.7. The van der Waals surface area contributed by atoms with E-state index in [-0.39, 0.29) is 6.10 Å². The second-order valence-electron chi connectivity index (χ2n) is 5.86. The Morgan fingerprint density at radius 2 is 2.19 bits per heavy atom. The SMILES string of the molecule is CN(CC1CCCO1)S(=O)(=O)c1cc(CCl)n(C2CC2)c1. The number of halogens is 1. The Morgan fingerprint density at radius 1 is 1.43 bits per heavy atom. The summed E-state index contributed by atoms with van der Waals surface area (Å²) in [5.41, 5.74) is 0.878. The Morgan fingerprint density at radius 3 is 2.76 bits per heavy atom. The highest BCUT2D eigenvalue weighted by atomic mass is 35.5. The summed E-state index contributed by atoms with van der Waals surface area (Å²) in [6.07, 6.45) is 5.88. The van der Waals surface area contributed by atoms with Gasteiger partial charge < -0.3 is 9.30 Å². The molecule has 21 heavy (non-hydrogen) atoms. The van der Waals surface area contributed by atoms with Crippen molar-refractivity contribution in [2.24, 2.45) is 0 Å². The van der Waals surface area contributed by atoms with Gasteiger partial charge in [0, 0.05) is 38.1 Å². The van der Waals surface area contributed by atoms with Crippen molar-refractivity contribution >= 4 is 21.6 Å². The fraction of sp³-hybridized carbons (Fsp3) is 0.714. The average Bonchev–Trinajstić information content (AvgIpc) is 3.00. The molecular formula is C14H21ClN2O3S. The molecule has 1 unspecified atom stereocenters. The molecule has 2 heterocycles. The van der Waals surface area contributed by atoms with Gasteiger partial charge in [-0.1, -0.05) is 0 Å². The number of nitrogens with zero attached hydrogens (tertiary/aromatic N) is 2. The van der Waals surface area contributed by atoms with Crippen molar-refractivity contribution in [3.05, 3.63) is 18.0 Å². The van der Waals surface area contributed by atoms with Gasteiger partial charge in [0.1, 0.15) is 4.90 Å². The molecule has 1 aliphatic carbocycles. The molecule has 0 N–H and O–H groups in total. The highest BCUT2D eigenvalue weighted by Gasteiger charge is 2.31. The van der Waals surface area contributed by atoms with Crippen LogP contribution in [0.4, 0.5) is 0 Å². The molecule has 1 aliphatic heterocycles. The maximum absolute atomic E-state index is 12.7. The lowest BCUT2D eigenvalue weighted by molar-refractivity contribution is 0.0979. The highest BCUT2D eigenvalue weighted by molar-refractivity contribution is 7.89. The number of hydrogen-bond donors (Lipinski definition) is 0. The second kappa shape index (κ2) is 5.91. The first kappa shape index (κ1) is 15.3. The molecule has 1 aromatic rings. The van der Waals surface area contributed by atoms with E-state index < -0.39 is 10.0 Å². The van der Waals surface area contributed by atoms with Crippen LogP contribution in [0.15, 0.2) is 17.2 Å². The smallest absolute Gasteiger partial charge is 0.244 e. The van der Waals surface area contributed by atoms with Crippen molar-refractivity contribution in [1.29, 1.82) is 0 Å². The van der Waals surface area contributed by atoms with Crippen molar-refractivity contribution in [2.75, 3.05) is 20.2 Å². The third kappa shape index (κ3) is 3.13. The lowest BCUT2D eigenvalue weighted by Crippen LogP contribution is -2.33. The van der Waals surface area contributed by atoms with Crippen LogP contribution in [0.2, 0.25) is 0 Å². The number of aromatic nitrogens is 1. The summed E-state index contributed by atoms with van der Waals surface area (Å²) in [7, 11) is -1.85. The summed E-state index contributed by atoms with van der Waals surface area (Å²) in [5, 5.41) is 0. The van der Waals surface area contributed by atoms with Crippen LogP contribution >= 0.6 is 11.6 Å². The monoisotopic (exact) mass is 332 g/mol. The van der Waals surface area contributed by atoms with Gasteiger partial charge in [-0.2, -0.15) is 4.31 Å². The zero-order chi connectivity index (χ0) is 15.0. The van der Waals surface area contributed by atoms with Crippen LogP contribution in [-0.4, -0.2) is 43.6 Å². The molecule has 7 heteroatoms. The molecule has 0 spiro atoms. The lowest BCUT2D eigenvalue weighted by Gasteiger charge is -2.19. The lowest BCUT2D eigenvalue weighted by atomic mass is 10.2. The molecule has 2 fully saturated rings. The molecule has 0 amide bonds. The van der Waals surface area contributed by atoms with Crippen LogP contribution in [0.5, 0.6) is 0 Å². The number of ether oxygens (including phenoxy) is 1. The topological polar surface area (TPSA) is 51.5 Å². The Labute approximate surface area is 130 Å². The van der Waals surface area contributed by atoms with E-state index in [0.29, 0.717) is 23.4 Å². The van der Waals surface area contributed by atoms with Crippen LogP contribution in [0, 0.1) is 0 Å². The Bertz CT molecular complexity index is 604. The van der Waals surface area contributed by atoms with Gasteiger partial charge >= 0.3 is 0 Å². The molecule has 118 valence electrons. The number of likely N-dealkylation sites (N-methyl/N-ethyl adjacent to an activating group) is 1. The third-order valence-electron chi connectivity index (χ3n) is 4.18. The second-order valence-corrected chi connectivity index (χ2v) is 8.17. The number of hydrogen-bond acceptors (Lipinski definition) is 3. The van der Waals surface area contributed by atoms with Crippen molar-refractivity contribution in [2.45, 2.75) is 48.6 Å². The molecule has 0 radical (unpaired) electrons. The van der Waals surface area contributed by atoms with E-state index >= 15 is 0 Å². The maximum Gasteiger partial charge on any atom is 0.244 e. The maximum atomic E-state index is 12.7. The van der Waals surface area contributed by atoms with Crippen molar-refractivity contribution in [1.82, 2.24) is 8.87 Å². The van der Waals surface area contributed by atoms with E-state index in [0.717, 1.165) is 38.0 Å². The molecule has 0 bridgehead atoms. The van der Waals surface area contributed by atoms with Crippen LogP contribution in [-0.2, 0) is 20.6 Å². The van der Waals surface area contributed by atoms with Crippen molar-refractivity contribution < 1.29 is 13.2 Å². The number of alkyl halides is 1. The molecule has 1 aromatic heterocycles. The Kier molecular flexibility index (Phi) is 4.32.